The molecule has 4 unspecified atom stereocenters. The molecule has 0 aliphatic carbocycles. The maximum Gasteiger partial charge on any atom is 0.326 e. The molecule has 38 heavy (non-hydrogen) atoms. The molecule has 4 amide bonds. The Morgan fingerprint density at radius 3 is 1.95 bits per heavy atom. The van der Waals surface area contributed by atoms with Gasteiger partial charge in [0.15, 0.2) is 5.96 Å². The van der Waals surface area contributed by atoms with Gasteiger partial charge in [-0.25, -0.2) is 4.79 Å². The third kappa shape index (κ3) is 11.7. The smallest absolute Gasteiger partial charge is 0.326 e. The summed E-state index contributed by atoms with van der Waals surface area (Å²) >= 11 is 0. The van der Waals surface area contributed by atoms with Crippen LogP contribution in [-0.2, 0) is 30.4 Å². The van der Waals surface area contributed by atoms with E-state index in [0.29, 0.717) is 0 Å². The standard InChI is InChI=1S/C24H38N8O6/c1-13(2)19(26)22(36)31-16(11-14-7-4-3-5-8-14)21(35)30-15(9-6-10-29-24(27)28)20(34)32-17(23(37)38)12-18(25)33/h3-5,7-8,13,15-17,19H,6,9-12,26H2,1-2H3,(H2,25,33)(H,30,35)(H,31,36)(H,32,34)(H,37,38)(H4,27,28,29). The highest BCUT2D eigenvalue weighted by Gasteiger charge is 2.31. The van der Waals surface area contributed by atoms with Gasteiger partial charge in [0, 0.05) is 13.0 Å². The van der Waals surface area contributed by atoms with Gasteiger partial charge in [-0.1, -0.05) is 44.2 Å². The van der Waals surface area contributed by atoms with Gasteiger partial charge in [-0.15, -0.1) is 0 Å². The molecule has 0 spiro atoms. The topological polar surface area (TPSA) is 258 Å². The number of hydrogen-bond donors (Lipinski definition) is 8. The largest absolute Gasteiger partial charge is 0.480 e. The number of hydrogen-bond acceptors (Lipinski definition) is 7. The zero-order chi connectivity index (χ0) is 28.8. The number of carbonyl (C=O) groups is 5. The number of nitrogens with two attached hydrogens (primary N) is 4. The molecule has 1 aromatic carbocycles. The second-order valence-electron chi connectivity index (χ2n) is 9.10. The van der Waals surface area contributed by atoms with Crippen LogP contribution in [0.15, 0.2) is 35.3 Å². The highest BCUT2D eigenvalue weighted by Crippen LogP contribution is 2.08. The maximum absolute atomic E-state index is 13.3. The van der Waals surface area contributed by atoms with Crippen molar-refractivity contribution in [3.63, 3.8) is 0 Å². The predicted octanol–water partition coefficient (Wildman–Crippen LogP) is -2.32. The molecule has 0 bridgehead atoms. The van der Waals surface area contributed by atoms with Crippen LogP contribution in [-0.4, -0.2) is 71.4 Å². The van der Waals surface area contributed by atoms with Crippen LogP contribution in [0.5, 0.6) is 0 Å². The van der Waals surface area contributed by atoms with E-state index >= 15 is 0 Å². The molecule has 14 heteroatoms. The molecule has 4 atom stereocenters. The van der Waals surface area contributed by atoms with Crippen LogP contribution >= 0.6 is 0 Å². The van der Waals surface area contributed by atoms with E-state index in [0.717, 1.165) is 5.56 Å². The van der Waals surface area contributed by atoms with Gasteiger partial charge in [0.25, 0.3) is 0 Å². The minimum absolute atomic E-state index is 0.0226. The summed E-state index contributed by atoms with van der Waals surface area (Å²) in [5.74, 6) is -4.85. The summed E-state index contributed by atoms with van der Waals surface area (Å²) in [5.41, 5.74) is 22.4. The average Bonchev–Trinajstić information content (AvgIpc) is 2.84. The number of amides is 4. The molecule has 0 fully saturated rings. The minimum atomic E-state index is -1.60. The van der Waals surface area contributed by atoms with Crippen molar-refractivity contribution in [1.29, 1.82) is 0 Å². The lowest BCUT2D eigenvalue weighted by Crippen LogP contribution is -2.58. The van der Waals surface area contributed by atoms with Gasteiger partial charge < -0.3 is 44.0 Å². The van der Waals surface area contributed by atoms with Crippen LogP contribution in [0.3, 0.4) is 0 Å². The number of carbonyl (C=O) groups excluding carboxylic acids is 4. The van der Waals surface area contributed by atoms with Crippen LogP contribution in [0.2, 0.25) is 0 Å². The van der Waals surface area contributed by atoms with E-state index in [1.54, 1.807) is 44.2 Å². The Balaban J connectivity index is 3.16. The molecule has 0 radical (unpaired) electrons. The maximum atomic E-state index is 13.3. The number of guanidine groups is 1. The van der Waals surface area contributed by atoms with Crippen LogP contribution in [0, 0.1) is 5.92 Å². The van der Waals surface area contributed by atoms with Crippen molar-refractivity contribution >= 4 is 35.6 Å². The van der Waals surface area contributed by atoms with Crippen molar-refractivity contribution in [2.75, 3.05) is 6.54 Å². The number of nitrogens with one attached hydrogen (secondary N) is 3. The second kappa shape index (κ2) is 15.8. The zero-order valence-corrected chi connectivity index (χ0v) is 21.6. The summed E-state index contributed by atoms with van der Waals surface area (Å²) in [7, 11) is 0. The van der Waals surface area contributed by atoms with Gasteiger partial charge >= 0.3 is 5.97 Å². The molecule has 0 aliphatic rings. The third-order valence-electron chi connectivity index (χ3n) is 5.53. The summed E-state index contributed by atoms with van der Waals surface area (Å²) < 4.78 is 0. The highest BCUT2D eigenvalue weighted by atomic mass is 16.4. The van der Waals surface area contributed by atoms with Gasteiger partial charge in [-0.3, -0.25) is 24.2 Å². The Bertz CT molecular complexity index is 997. The lowest BCUT2D eigenvalue weighted by Gasteiger charge is -2.25. The SMILES string of the molecule is CC(C)C(N)C(=O)NC(Cc1ccccc1)C(=O)NC(CCCN=C(N)N)C(=O)NC(CC(N)=O)C(=O)O. The van der Waals surface area contributed by atoms with Gasteiger partial charge in [0.2, 0.25) is 23.6 Å². The minimum Gasteiger partial charge on any atom is -0.480 e. The van der Waals surface area contributed by atoms with E-state index in [-0.39, 0.29) is 37.7 Å². The fraction of sp³-hybridized carbons (Fsp3) is 0.500. The summed E-state index contributed by atoms with van der Waals surface area (Å²) in [6, 6.07) is 4.10. The lowest BCUT2D eigenvalue weighted by molar-refractivity contribution is -0.143. The first-order chi connectivity index (χ1) is 17.8. The molecule has 0 heterocycles. The van der Waals surface area contributed by atoms with Crippen molar-refractivity contribution < 1.29 is 29.1 Å². The normalized spacial score (nSPS) is 13.9. The Kier molecular flexibility index (Phi) is 13.2. The molecule has 0 saturated carbocycles. The average molecular weight is 535 g/mol. The van der Waals surface area contributed by atoms with Crippen LogP contribution < -0.4 is 38.9 Å². The van der Waals surface area contributed by atoms with Gasteiger partial charge in [-0.05, 0) is 24.3 Å². The molecule has 1 rings (SSSR count). The van der Waals surface area contributed by atoms with Crippen molar-refractivity contribution in [3.8, 4) is 0 Å². The van der Waals surface area contributed by atoms with Crippen molar-refractivity contribution in [2.45, 2.75) is 63.7 Å². The molecule has 0 aromatic heterocycles. The Morgan fingerprint density at radius 1 is 0.868 bits per heavy atom. The lowest BCUT2D eigenvalue weighted by atomic mass is 10.0. The number of rotatable bonds is 16. The monoisotopic (exact) mass is 534 g/mol. The van der Waals surface area contributed by atoms with Gasteiger partial charge in [0.05, 0.1) is 12.5 Å². The number of carboxylic acid groups (broad SMARTS) is 1. The Hall–Kier alpha value is -4.20. The molecular formula is C24H38N8O6. The van der Waals surface area contributed by atoms with Crippen LogP contribution in [0.1, 0.15) is 38.7 Å². The van der Waals surface area contributed by atoms with Gasteiger partial charge in [-0.2, -0.15) is 0 Å². The Labute approximate surface area is 221 Å². The van der Waals surface area contributed by atoms with E-state index in [2.05, 4.69) is 20.9 Å². The van der Waals surface area contributed by atoms with Crippen molar-refractivity contribution in [2.24, 2.45) is 33.8 Å². The molecule has 14 nitrogen and oxygen atoms in total. The number of aliphatic carboxylic acids is 1. The molecule has 1 aromatic rings. The van der Waals surface area contributed by atoms with Crippen molar-refractivity contribution in [3.05, 3.63) is 35.9 Å². The molecule has 210 valence electrons. The van der Waals surface area contributed by atoms with Crippen molar-refractivity contribution in [1.82, 2.24) is 16.0 Å². The summed E-state index contributed by atoms with van der Waals surface area (Å²) in [6.07, 6.45) is -0.271. The molecular weight excluding hydrogens is 496 g/mol. The van der Waals surface area contributed by atoms with Crippen LogP contribution in [0.25, 0.3) is 0 Å². The number of aliphatic imine (C=N–C) groups is 1. The summed E-state index contributed by atoms with van der Waals surface area (Å²) in [5, 5.41) is 16.8. The number of carboxylic acids is 1. The van der Waals surface area contributed by atoms with E-state index in [1.165, 1.54) is 0 Å². The van der Waals surface area contributed by atoms with Crippen LogP contribution in [0.4, 0.5) is 0 Å². The third-order valence-corrected chi connectivity index (χ3v) is 5.53. The fourth-order valence-corrected chi connectivity index (χ4v) is 3.35. The second-order valence-corrected chi connectivity index (χ2v) is 9.10. The highest BCUT2D eigenvalue weighted by molar-refractivity contribution is 5.95. The Morgan fingerprint density at radius 2 is 1.42 bits per heavy atom. The summed E-state index contributed by atoms with van der Waals surface area (Å²) in [4.78, 5) is 65.5. The molecule has 0 saturated heterocycles. The summed E-state index contributed by atoms with van der Waals surface area (Å²) in [6.45, 7) is 3.66. The van der Waals surface area contributed by atoms with Gasteiger partial charge in [0.1, 0.15) is 18.1 Å². The number of nitrogens with zero attached hydrogens (tertiary/aromatic N) is 1. The van der Waals surface area contributed by atoms with E-state index in [1.807, 2.05) is 0 Å². The van der Waals surface area contributed by atoms with E-state index < -0.39 is 60.2 Å². The van der Waals surface area contributed by atoms with E-state index in [9.17, 15) is 29.1 Å². The quantitative estimate of drug-likeness (QED) is 0.0642. The molecule has 0 aliphatic heterocycles. The number of benzene rings is 1. The predicted molar refractivity (Wildman–Crippen MR) is 140 cm³/mol. The van der Waals surface area contributed by atoms with E-state index in [4.69, 9.17) is 22.9 Å². The molecule has 12 N–H and O–H groups in total. The first-order valence-electron chi connectivity index (χ1n) is 12.1. The first kappa shape index (κ1) is 31.8. The number of primary amides is 1. The zero-order valence-electron chi connectivity index (χ0n) is 21.6. The first-order valence-corrected chi connectivity index (χ1v) is 12.1. The fourth-order valence-electron chi connectivity index (χ4n) is 3.35.